The van der Waals surface area contributed by atoms with E-state index in [0.29, 0.717) is 19.0 Å². The van der Waals surface area contributed by atoms with E-state index in [-0.39, 0.29) is 11.9 Å². The molecule has 0 heterocycles. The lowest BCUT2D eigenvalue weighted by Crippen LogP contribution is -1.99. The highest BCUT2D eigenvalue weighted by Gasteiger charge is 2.17. The number of rotatable bonds is 12. The van der Waals surface area contributed by atoms with Gasteiger partial charge in [-0.1, -0.05) is 45.6 Å². The highest BCUT2D eigenvalue weighted by Crippen LogP contribution is 2.42. The number of hydrogen-bond acceptors (Lipinski definition) is 2. The molecule has 0 aliphatic carbocycles. The molecular formula is C14H27O3P. The summed E-state index contributed by atoms with van der Waals surface area (Å²) in [4.78, 5) is 20.7. The Labute approximate surface area is 111 Å². The van der Waals surface area contributed by atoms with Gasteiger partial charge in [-0.3, -0.25) is 9.36 Å². The van der Waals surface area contributed by atoms with Gasteiger partial charge in [0.15, 0.2) is 5.78 Å². The van der Waals surface area contributed by atoms with Crippen molar-refractivity contribution in [3.05, 3.63) is 12.7 Å². The van der Waals surface area contributed by atoms with Crippen molar-refractivity contribution < 1.29 is 14.3 Å². The number of ketones is 1. The lowest BCUT2D eigenvalue weighted by atomic mass is 10.1. The predicted octanol–water partition coefficient (Wildman–Crippen LogP) is 4.15. The van der Waals surface area contributed by atoms with Crippen LogP contribution in [0.1, 0.15) is 58.3 Å². The molecule has 3 nitrogen and oxygen atoms in total. The van der Waals surface area contributed by atoms with Crippen LogP contribution >= 0.6 is 7.37 Å². The van der Waals surface area contributed by atoms with E-state index in [0.717, 1.165) is 19.3 Å². The van der Waals surface area contributed by atoms with Gasteiger partial charge >= 0.3 is 0 Å². The first-order valence-corrected chi connectivity index (χ1v) is 9.01. The van der Waals surface area contributed by atoms with Crippen LogP contribution in [0.2, 0.25) is 0 Å². The average Bonchev–Trinajstić information content (AvgIpc) is 2.33. The van der Waals surface area contributed by atoms with Crippen molar-refractivity contribution in [2.45, 2.75) is 58.3 Å². The Balaban J connectivity index is 3.57. The zero-order valence-corrected chi connectivity index (χ0v) is 12.5. The van der Waals surface area contributed by atoms with Gasteiger partial charge in [-0.15, -0.1) is 0 Å². The molecule has 18 heavy (non-hydrogen) atoms. The summed E-state index contributed by atoms with van der Waals surface area (Å²) in [6.07, 6.45) is 9.49. The molecule has 0 aromatic heterocycles. The van der Waals surface area contributed by atoms with Gasteiger partial charge in [-0.05, 0) is 18.9 Å². The summed E-state index contributed by atoms with van der Waals surface area (Å²) in [6.45, 7) is 5.55. The van der Waals surface area contributed by atoms with E-state index in [2.05, 4.69) is 13.5 Å². The summed E-state index contributed by atoms with van der Waals surface area (Å²) >= 11 is 0. The van der Waals surface area contributed by atoms with Crippen LogP contribution in [0.4, 0.5) is 0 Å². The summed E-state index contributed by atoms with van der Waals surface area (Å²) in [6, 6.07) is 0. The molecule has 0 bridgehead atoms. The second kappa shape index (κ2) is 10.5. The maximum atomic E-state index is 11.8. The van der Waals surface area contributed by atoms with Gasteiger partial charge in [0.2, 0.25) is 7.37 Å². The summed E-state index contributed by atoms with van der Waals surface area (Å²) in [5.74, 6) is -0.0467. The van der Waals surface area contributed by atoms with Crippen LogP contribution in [-0.4, -0.2) is 23.0 Å². The maximum Gasteiger partial charge on any atom is 0.200 e. The predicted molar refractivity (Wildman–Crippen MR) is 77.4 cm³/mol. The molecule has 0 spiro atoms. The second-order valence-electron chi connectivity index (χ2n) is 4.84. The van der Waals surface area contributed by atoms with Crippen LogP contribution in [0.3, 0.4) is 0 Å². The molecule has 0 amide bonds. The van der Waals surface area contributed by atoms with Crippen molar-refractivity contribution in [3.63, 3.8) is 0 Å². The molecule has 0 aliphatic heterocycles. The number of hydrogen-bond donors (Lipinski definition) is 1. The standard InChI is InChI=1S/C14H27O3P/c1-3-5-6-7-8-9-12-18(16,17)13-10-11-14(15)4-2/h4H,2-3,5-13H2,1H3,(H,16,17). The molecule has 0 aromatic rings. The van der Waals surface area contributed by atoms with E-state index in [1.165, 1.54) is 25.3 Å². The van der Waals surface area contributed by atoms with Gasteiger partial charge < -0.3 is 4.89 Å². The highest BCUT2D eigenvalue weighted by atomic mass is 31.2. The van der Waals surface area contributed by atoms with Gasteiger partial charge in [0.25, 0.3) is 0 Å². The number of carbonyl (C=O) groups is 1. The number of carbonyl (C=O) groups excluding carboxylic acids is 1. The zero-order valence-electron chi connectivity index (χ0n) is 11.6. The summed E-state index contributed by atoms with van der Waals surface area (Å²) < 4.78 is 11.8. The third-order valence-electron chi connectivity index (χ3n) is 3.02. The molecule has 0 radical (unpaired) electrons. The van der Waals surface area contributed by atoms with E-state index in [4.69, 9.17) is 0 Å². The molecule has 4 heteroatoms. The van der Waals surface area contributed by atoms with Gasteiger partial charge in [-0.25, -0.2) is 0 Å². The minimum absolute atomic E-state index is 0.0467. The Morgan fingerprint density at radius 3 is 2.28 bits per heavy atom. The number of unbranched alkanes of at least 4 members (excludes halogenated alkanes) is 5. The first kappa shape index (κ1) is 17.6. The summed E-state index contributed by atoms with van der Waals surface area (Å²) in [7, 11) is -3.00. The molecule has 0 fully saturated rings. The van der Waals surface area contributed by atoms with Crippen LogP contribution in [0.25, 0.3) is 0 Å². The minimum atomic E-state index is -3.00. The van der Waals surface area contributed by atoms with Gasteiger partial charge in [0, 0.05) is 18.7 Å². The molecule has 0 aromatic carbocycles. The molecule has 0 rings (SSSR count). The van der Waals surface area contributed by atoms with E-state index < -0.39 is 7.37 Å². The summed E-state index contributed by atoms with van der Waals surface area (Å²) in [5, 5.41) is 0. The first-order valence-electron chi connectivity index (χ1n) is 6.98. The summed E-state index contributed by atoms with van der Waals surface area (Å²) in [5.41, 5.74) is 0. The van der Waals surface area contributed by atoms with Crippen LogP contribution in [0.15, 0.2) is 12.7 Å². The van der Waals surface area contributed by atoms with E-state index in [1.807, 2.05) is 0 Å². The highest BCUT2D eigenvalue weighted by molar-refractivity contribution is 7.57. The normalized spacial score (nSPS) is 14.1. The fraction of sp³-hybridized carbons (Fsp3) is 0.786. The fourth-order valence-corrected chi connectivity index (χ4v) is 3.45. The van der Waals surface area contributed by atoms with Crippen LogP contribution in [-0.2, 0) is 9.36 Å². The lowest BCUT2D eigenvalue weighted by molar-refractivity contribution is -0.114. The Hall–Kier alpha value is -0.400. The quantitative estimate of drug-likeness (QED) is 0.330. The largest absolute Gasteiger partial charge is 0.344 e. The van der Waals surface area contributed by atoms with Crippen LogP contribution in [0, 0.1) is 0 Å². The van der Waals surface area contributed by atoms with E-state index in [9.17, 15) is 14.3 Å². The smallest absolute Gasteiger partial charge is 0.200 e. The van der Waals surface area contributed by atoms with Crippen molar-refractivity contribution >= 4 is 13.2 Å². The molecule has 0 saturated carbocycles. The fourth-order valence-electron chi connectivity index (χ4n) is 1.85. The Kier molecular flexibility index (Phi) is 10.3. The van der Waals surface area contributed by atoms with E-state index >= 15 is 0 Å². The molecular weight excluding hydrogens is 247 g/mol. The molecule has 1 atom stereocenters. The third-order valence-corrected chi connectivity index (χ3v) is 5.05. The third kappa shape index (κ3) is 10.7. The molecule has 0 aliphatic rings. The van der Waals surface area contributed by atoms with Crippen LogP contribution in [0.5, 0.6) is 0 Å². The van der Waals surface area contributed by atoms with Crippen molar-refractivity contribution in [1.82, 2.24) is 0 Å². The molecule has 1 unspecified atom stereocenters. The molecule has 106 valence electrons. The lowest BCUT2D eigenvalue weighted by Gasteiger charge is -2.10. The van der Waals surface area contributed by atoms with Crippen molar-refractivity contribution in [1.29, 1.82) is 0 Å². The molecule has 1 N–H and O–H groups in total. The topological polar surface area (TPSA) is 54.4 Å². The Morgan fingerprint density at radius 1 is 1.11 bits per heavy atom. The van der Waals surface area contributed by atoms with Gasteiger partial charge in [-0.2, -0.15) is 0 Å². The average molecular weight is 274 g/mol. The number of allylic oxidation sites excluding steroid dienone is 1. The maximum absolute atomic E-state index is 11.8. The van der Waals surface area contributed by atoms with Crippen LogP contribution < -0.4 is 0 Å². The zero-order chi connectivity index (χ0) is 13.9. The minimum Gasteiger partial charge on any atom is -0.344 e. The second-order valence-corrected chi connectivity index (χ2v) is 7.42. The van der Waals surface area contributed by atoms with Crippen molar-refractivity contribution in [2.24, 2.45) is 0 Å². The first-order chi connectivity index (χ1) is 8.52. The monoisotopic (exact) mass is 274 g/mol. The van der Waals surface area contributed by atoms with Gasteiger partial charge in [0.05, 0.1) is 0 Å². The van der Waals surface area contributed by atoms with E-state index in [1.54, 1.807) is 0 Å². The Bertz CT molecular complexity index is 287. The van der Waals surface area contributed by atoms with Gasteiger partial charge in [0.1, 0.15) is 0 Å². The van der Waals surface area contributed by atoms with Crippen molar-refractivity contribution in [3.8, 4) is 0 Å². The SMILES string of the molecule is C=CC(=O)CCCP(=O)(O)CCCCCCCC. The van der Waals surface area contributed by atoms with Crippen molar-refractivity contribution in [2.75, 3.05) is 12.3 Å². The Morgan fingerprint density at radius 2 is 1.67 bits per heavy atom. The molecule has 0 saturated heterocycles.